The molecular weight excluding hydrogens is 446 g/mol. The van der Waals surface area contributed by atoms with Gasteiger partial charge in [0.1, 0.15) is 5.82 Å². The van der Waals surface area contributed by atoms with Crippen molar-refractivity contribution < 1.29 is 14.1 Å². The summed E-state index contributed by atoms with van der Waals surface area (Å²) < 4.78 is 14.0. The highest BCUT2D eigenvalue weighted by atomic mass is 127. The van der Waals surface area contributed by atoms with Crippen molar-refractivity contribution in [2.45, 2.75) is 5.75 Å². The highest BCUT2D eigenvalue weighted by Crippen LogP contribution is 2.20. The number of non-ortho nitro benzene ring substituents is 1. The van der Waals surface area contributed by atoms with E-state index in [9.17, 15) is 19.3 Å². The minimum Gasteiger partial charge on any atom is -0.351 e. The normalized spacial score (nSPS) is 10.4. The van der Waals surface area contributed by atoms with E-state index in [-0.39, 0.29) is 17.4 Å². The fourth-order valence-corrected chi connectivity index (χ4v) is 3.52. The Balaban J connectivity index is 1.79. The van der Waals surface area contributed by atoms with Crippen LogP contribution in [0.15, 0.2) is 42.5 Å². The van der Waals surface area contributed by atoms with E-state index in [1.807, 2.05) is 22.6 Å². The molecule has 0 aliphatic rings. The molecule has 5 nitrogen and oxygen atoms in total. The van der Waals surface area contributed by atoms with E-state index in [1.165, 1.54) is 36.0 Å². The number of nitro benzene ring substituents is 1. The molecule has 0 heterocycles. The zero-order valence-corrected chi connectivity index (χ0v) is 15.5. The third-order valence-electron chi connectivity index (χ3n) is 3.16. The largest absolute Gasteiger partial charge is 0.351 e. The van der Waals surface area contributed by atoms with Crippen LogP contribution in [0.4, 0.5) is 10.1 Å². The van der Waals surface area contributed by atoms with E-state index in [0.717, 1.165) is 0 Å². The van der Waals surface area contributed by atoms with Crippen LogP contribution < -0.4 is 5.32 Å². The van der Waals surface area contributed by atoms with Gasteiger partial charge in [0.25, 0.3) is 11.6 Å². The lowest BCUT2D eigenvalue weighted by Gasteiger charge is -2.07. The van der Waals surface area contributed by atoms with Crippen molar-refractivity contribution in [3.05, 3.63) is 73.1 Å². The van der Waals surface area contributed by atoms with Crippen LogP contribution in [0.2, 0.25) is 0 Å². The van der Waals surface area contributed by atoms with Gasteiger partial charge in [0.2, 0.25) is 0 Å². The van der Waals surface area contributed by atoms with E-state index in [4.69, 9.17) is 0 Å². The van der Waals surface area contributed by atoms with Crippen LogP contribution in [0.5, 0.6) is 0 Å². The molecule has 2 rings (SSSR count). The first-order chi connectivity index (χ1) is 11.5. The maximum Gasteiger partial charge on any atom is 0.270 e. The molecule has 0 aliphatic heterocycles. The molecule has 0 aliphatic carbocycles. The van der Waals surface area contributed by atoms with Crippen LogP contribution in [0.1, 0.15) is 15.9 Å². The Kier molecular flexibility index (Phi) is 6.98. The number of hydrogen-bond acceptors (Lipinski definition) is 4. The first kappa shape index (κ1) is 18.7. The zero-order valence-electron chi connectivity index (χ0n) is 12.5. The number of amides is 1. The Labute approximate surface area is 156 Å². The van der Waals surface area contributed by atoms with Crippen molar-refractivity contribution in [2.75, 3.05) is 12.3 Å². The highest BCUT2D eigenvalue weighted by Gasteiger charge is 2.14. The Morgan fingerprint density at radius 1 is 1.29 bits per heavy atom. The van der Waals surface area contributed by atoms with Crippen LogP contribution >= 0.6 is 34.4 Å². The van der Waals surface area contributed by atoms with Gasteiger partial charge >= 0.3 is 0 Å². The third-order valence-corrected chi connectivity index (χ3v) is 5.06. The van der Waals surface area contributed by atoms with Crippen LogP contribution in [0.3, 0.4) is 0 Å². The topological polar surface area (TPSA) is 72.2 Å². The predicted molar refractivity (Wildman–Crippen MR) is 101 cm³/mol. The van der Waals surface area contributed by atoms with Gasteiger partial charge in [-0.15, -0.1) is 0 Å². The van der Waals surface area contributed by atoms with Crippen LogP contribution in [-0.4, -0.2) is 23.1 Å². The SMILES string of the molecule is O=C(NCCSCc1ccccc1F)c1ccc([N+](=O)[O-])cc1I. The van der Waals surface area contributed by atoms with Crippen molar-refractivity contribution in [3.63, 3.8) is 0 Å². The minimum atomic E-state index is -0.497. The van der Waals surface area contributed by atoms with Crippen molar-refractivity contribution in [2.24, 2.45) is 0 Å². The molecule has 8 heteroatoms. The molecule has 0 unspecified atom stereocenters. The van der Waals surface area contributed by atoms with Crippen molar-refractivity contribution in [1.82, 2.24) is 5.32 Å². The smallest absolute Gasteiger partial charge is 0.270 e. The second-order valence-corrected chi connectivity index (χ2v) is 7.09. The molecule has 2 aromatic rings. The molecule has 0 fully saturated rings. The minimum absolute atomic E-state index is 0.0450. The average molecular weight is 460 g/mol. The predicted octanol–water partition coefficient (Wildman–Crippen LogP) is 4.00. The molecule has 1 N–H and O–H groups in total. The van der Waals surface area contributed by atoms with E-state index in [0.29, 0.717) is 32.7 Å². The summed E-state index contributed by atoms with van der Waals surface area (Å²) in [7, 11) is 0. The molecule has 0 saturated carbocycles. The summed E-state index contributed by atoms with van der Waals surface area (Å²) in [5, 5.41) is 13.5. The number of hydrogen-bond donors (Lipinski definition) is 1. The second kappa shape index (κ2) is 8.97. The summed E-state index contributed by atoms with van der Waals surface area (Å²) in [6.45, 7) is 0.436. The van der Waals surface area contributed by atoms with Crippen LogP contribution in [0.25, 0.3) is 0 Å². The molecule has 0 radical (unpaired) electrons. The lowest BCUT2D eigenvalue weighted by Crippen LogP contribution is -2.26. The number of rotatable bonds is 7. The number of nitro groups is 1. The number of carbonyl (C=O) groups excluding carboxylic acids is 1. The molecule has 0 spiro atoms. The first-order valence-electron chi connectivity index (χ1n) is 7.02. The molecule has 0 atom stereocenters. The third kappa shape index (κ3) is 5.17. The number of thioether (sulfide) groups is 1. The fraction of sp³-hybridized carbons (Fsp3) is 0.188. The van der Waals surface area contributed by atoms with Crippen LogP contribution in [-0.2, 0) is 5.75 Å². The number of carbonyl (C=O) groups is 1. The molecule has 0 saturated heterocycles. The first-order valence-corrected chi connectivity index (χ1v) is 9.25. The van der Waals surface area contributed by atoms with Gasteiger partial charge in [0, 0.05) is 33.8 Å². The standard InChI is InChI=1S/C16H14FIN2O3S/c17-14-4-2-1-3-11(14)10-24-8-7-19-16(21)13-6-5-12(20(22)23)9-15(13)18/h1-6,9H,7-8,10H2,(H,19,21). The molecule has 126 valence electrons. The average Bonchev–Trinajstić information content (AvgIpc) is 2.55. The lowest BCUT2D eigenvalue weighted by molar-refractivity contribution is -0.384. The molecule has 0 bridgehead atoms. The Bertz CT molecular complexity index is 758. The van der Waals surface area contributed by atoms with Gasteiger partial charge in [-0.3, -0.25) is 14.9 Å². The van der Waals surface area contributed by atoms with E-state index >= 15 is 0 Å². The Morgan fingerprint density at radius 3 is 2.71 bits per heavy atom. The summed E-state index contributed by atoms with van der Waals surface area (Å²) in [6.07, 6.45) is 0. The molecule has 24 heavy (non-hydrogen) atoms. The second-order valence-electron chi connectivity index (χ2n) is 4.82. The summed E-state index contributed by atoms with van der Waals surface area (Å²) in [6, 6.07) is 10.7. The summed E-state index contributed by atoms with van der Waals surface area (Å²) >= 11 is 3.42. The van der Waals surface area contributed by atoms with Crippen molar-refractivity contribution >= 4 is 45.9 Å². The van der Waals surface area contributed by atoms with Gasteiger partial charge in [-0.25, -0.2) is 4.39 Å². The maximum atomic E-state index is 13.5. The summed E-state index contributed by atoms with van der Waals surface area (Å²) in [5.74, 6) is 0.677. The van der Waals surface area contributed by atoms with Gasteiger partial charge in [0.05, 0.1) is 10.5 Å². The van der Waals surface area contributed by atoms with Crippen molar-refractivity contribution in [3.8, 4) is 0 Å². The van der Waals surface area contributed by atoms with Crippen LogP contribution in [0, 0.1) is 19.5 Å². The van der Waals surface area contributed by atoms with Gasteiger partial charge in [-0.1, -0.05) is 18.2 Å². The van der Waals surface area contributed by atoms with Crippen molar-refractivity contribution in [1.29, 1.82) is 0 Å². The van der Waals surface area contributed by atoms with Gasteiger partial charge < -0.3 is 5.32 Å². The lowest BCUT2D eigenvalue weighted by atomic mass is 10.2. The van der Waals surface area contributed by atoms with E-state index in [1.54, 1.807) is 18.2 Å². The fourth-order valence-electron chi connectivity index (χ4n) is 1.93. The Hall–Kier alpha value is -1.68. The molecule has 2 aromatic carbocycles. The van der Waals surface area contributed by atoms with Gasteiger partial charge in [-0.05, 0) is 40.3 Å². The summed E-state index contributed by atoms with van der Waals surface area (Å²) in [5.41, 5.74) is 0.996. The number of halogens is 2. The van der Waals surface area contributed by atoms with E-state index < -0.39 is 4.92 Å². The zero-order chi connectivity index (χ0) is 17.5. The summed E-state index contributed by atoms with van der Waals surface area (Å²) in [4.78, 5) is 22.3. The van der Waals surface area contributed by atoms with E-state index in [2.05, 4.69) is 5.32 Å². The molecule has 1 amide bonds. The highest BCUT2D eigenvalue weighted by molar-refractivity contribution is 14.1. The maximum absolute atomic E-state index is 13.5. The number of nitrogens with one attached hydrogen (secondary N) is 1. The van der Waals surface area contributed by atoms with Gasteiger partial charge in [0.15, 0.2) is 0 Å². The molecular formula is C16H14FIN2O3S. The number of nitrogens with zero attached hydrogens (tertiary/aromatic N) is 1. The Morgan fingerprint density at radius 2 is 2.04 bits per heavy atom. The quantitative estimate of drug-likeness (QED) is 0.294. The monoisotopic (exact) mass is 460 g/mol. The molecule has 0 aromatic heterocycles. The van der Waals surface area contributed by atoms with Gasteiger partial charge in [-0.2, -0.15) is 11.8 Å². The number of benzene rings is 2.